The van der Waals surface area contributed by atoms with Crippen LogP contribution in [0.3, 0.4) is 0 Å². The molecule has 0 radical (unpaired) electrons. The Morgan fingerprint density at radius 1 is 1.13 bits per heavy atom. The van der Waals surface area contributed by atoms with Gasteiger partial charge in [-0.3, -0.25) is 0 Å². The summed E-state index contributed by atoms with van der Waals surface area (Å²) in [7, 11) is 0. The maximum atomic E-state index is 13.8. The van der Waals surface area contributed by atoms with Gasteiger partial charge in [0.05, 0.1) is 11.1 Å². The average molecular weight is 541 g/mol. The van der Waals surface area contributed by atoms with Gasteiger partial charge in [0, 0.05) is 12.1 Å². The molecule has 0 spiro atoms. The molecule has 0 unspecified atom stereocenters. The van der Waals surface area contributed by atoms with E-state index < -0.39 is 41.9 Å². The first-order chi connectivity index (χ1) is 18.0. The molecule has 1 fully saturated rings. The molecule has 1 aliphatic heterocycles. The van der Waals surface area contributed by atoms with Crippen LogP contribution in [-0.4, -0.2) is 39.4 Å². The van der Waals surface area contributed by atoms with E-state index in [1.54, 1.807) is 0 Å². The van der Waals surface area contributed by atoms with Crippen molar-refractivity contribution in [1.29, 1.82) is 0 Å². The van der Waals surface area contributed by atoms with Crippen LogP contribution in [0.25, 0.3) is 17.5 Å². The number of rotatable bonds is 6. The van der Waals surface area contributed by atoms with Crippen molar-refractivity contribution < 1.29 is 40.8 Å². The molecule has 14 heteroatoms. The summed E-state index contributed by atoms with van der Waals surface area (Å²) in [6.45, 7) is 0.0606. The third-order valence-corrected chi connectivity index (χ3v) is 5.82. The van der Waals surface area contributed by atoms with Crippen molar-refractivity contribution in [2.75, 3.05) is 13.2 Å². The second-order valence-electron chi connectivity index (χ2n) is 8.27. The summed E-state index contributed by atoms with van der Waals surface area (Å²) in [6, 6.07) is 7.48. The highest BCUT2D eigenvalue weighted by atomic mass is 19.4. The summed E-state index contributed by atoms with van der Waals surface area (Å²) < 4.78 is 91.2. The number of ether oxygens (including phenoxy) is 1. The summed E-state index contributed by atoms with van der Waals surface area (Å²) in [6.07, 6.45) is -5.81. The lowest BCUT2D eigenvalue weighted by Crippen LogP contribution is -2.36. The van der Waals surface area contributed by atoms with Gasteiger partial charge in [-0.15, -0.1) is 0 Å². The van der Waals surface area contributed by atoms with Gasteiger partial charge >= 0.3 is 12.4 Å². The molecule has 202 valence electrons. The minimum Gasteiger partial charge on any atom is -0.489 e. The Hall–Kier alpha value is -4.23. The molecule has 1 atom stereocenters. The number of nitrogens with two attached hydrogens (primary N) is 1. The number of benzene rings is 2. The van der Waals surface area contributed by atoms with Crippen LogP contribution in [-0.2, 0) is 12.4 Å². The summed E-state index contributed by atoms with van der Waals surface area (Å²) in [5, 5.41) is 15.7. The number of aromatic nitrogens is 2. The van der Waals surface area contributed by atoms with Crippen LogP contribution in [0.2, 0.25) is 0 Å². The molecule has 0 saturated carbocycles. The molecule has 1 saturated heterocycles. The van der Waals surface area contributed by atoms with Crippen molar-refractivity contribution in [2.45, 2.75) is 31.2 Å². The Morgan fingerprint density at radius 3 is 2.58 bits per heavy atom. The molecule has 1 aliphatic rings. The Balaban J connectivity index is 1.53. The van der Waals surface area contributed by atoms with Crippen molar-refractivity contribution in [3.05, 3.63) is 71.1 Å². The number of likely N-dealkylation sites (tertiary alicyclic amines) is 1. The van der Waals surface area contributed by atoms with E-state index in [2.05, 4.69) is 15.3 Å². The molecule has 8 nitrogen and oxygen atoms in total. The lowest BCUT2D eigenvalue weighted by Gasteiger charge is -2.21. The van der Waals surface area contributed by atoms with Gasteiger partial charge in [-0.05, 0) is 48.7 Å². The standard InChI is InChI=1S/C24H21F6N5O3/c25-23(26,27)16-7-2-1-5-14(16)6-4-12-37-19-10-9-15(13-17(19)24(28,29)30)20-32-21(38-34-20)18-8-3-11-35(18)22(31)33-36/h1-2,4-7,9-10,13,18,36H,3,8,11-12H2,(H2,31,33)/b6-4+/t18-/m0/s1. The number of oxime groups is 1. The molecule has 38 heavy (non-hydrogen) atoms. The Bertz CT molecular complexity index is 1340. The molecule has 0 bridgehead atoms. The van der Waals surface area contributed by atoms with Crippen LogP contribution in [0.1, 0.15) is 41.5 Å². The summed E-state index contributed by atoms with van der Waals surface area (Å²) in [4.78, 5) is 5.73. The highest BCUT2D eigenvalue weighted by Gasteiger charge is 2.36. The largest absolute Gasteiger partial charge is 0.489 e. The number of nitrogens with zero attached hydrogens (tertiary/aromatic N) is 4. The predicted molar refractivity (Wildman–Crippen MR) is 123 cm³/mol. The monoisotopic (exact) mass is 541 g/mol. The highest BCUT2D eigenvalue weighted by Crippen LogP contribution is 2.39. The Morgan fingerprint density at radius 2 is 1.87 bits per heavy atom. The zero-order chi connectivity index (χ0) is 27.5. The van der Waals surface area contributed by atoms with Crippen molar-refractivity contribution in [1.82, 2.24) is 15.0 Å². The molecule has 4 rings (SSSR count). The van der Waals surface area contributed by atoms with Gasteiger partial charge in [0.2, 0.25) is 17.7 Å². The van der Waals surface area contributed by atoms with Crippen LogP contribution in [0, 0.1) is 0 Å². The predicted octanol–water partition coefficient (Wildman–Crippen LogP) is 5.71. The van der Waals surface area contributed by atoms with Gasteiger partial charge < -0.3 is 25.1 Å². The van der Waals surface area contributed by atoms with E-state index in [4.69, 9.17) is 20.2 Å². The van der Waals surface area contributed by atoms with Gasteiger partial charge in [-0.25, -0.2) is 0 Å². The minimum absolute atomic E-state index is 0.00247. The fourth-order valence-corrected chi connectivity index (χ4v) is 4.07. The fourth-order valence-electron chi connectivity index (χ4n) is 4.07. The van der Waals surface area contributed by atoms with Gasteiger partial charge in [0.1, 0.15) is 18.4 Å². The molecular formula is C24H21F6N5O3. The van der Waals surface area contributed by atoms with E-state index >= 15 is 0 Å². The second-order valence-corrected chi connectivity index (χ2v) is 8.27. The Kier molecular flexibility index (Phi) is 7.51. The topological polar surface area (TPSA) is 110 Å². The fraction of sp³-hybridized carbons (Fsp3) is 0.292. The smallest absolute Gasteiger partial charge is 0.419 e. The Labute approximate surface area is 212 Å². The summed E-state index contributed by atoms with van der Waals surface area (Å²) in [5.41, 5.74) is 3.53. The lowest BCUT2D eigenvalue weighted by molar-refractivity contribution is -0.139. The van der Waals surface area contributed by atoms with Crippen molar-refractivity contribution in [2.24, 2.45) is 10.9 Å². The summed E-state index contributed by atoms with van der Waals surface area (Å²) in [5.74, 6) is -0.675. The maximum Gasteiger partial charge on any atom is 0.419 e. The van der Waals surface area contributed by atoms with Gasteiger partial charge in [0.25, 0.3) is 0 Å². The molecule has 3 aromatic rings. The molecule has 2 aromatic carbocycles. The molecule has 0 amide bonds. The molecule has 0 aliphatic carbocycles. The van der Waals surface area contributed by atoms with Crippen LogP contribution >= 0.6 is 0 Å². The van der Waals surface area contributed by atoms with E-state index in [0.29, 0.717) is 19.4 Å². The van der Waals surface area contributed by atoms with Crippen molar-refractivity contribution >= 4 is 12.0 Å². The first-order valence-electron chi connectivity index (χ1n) is 11.2. The third-order valence-electron chi connectivity index (χ3n) is 5.82. The normalized spacial score (nSPS) is 16.9. The zero-order valence-corrected chi connectivity index (χ0v) is 19.5. The average Bonchev–Trinajstić information content (AvgIpc) is 3.55. The van der Waals surface area contributed by atoms with E-state index in [-0.39, 0.29) is 28.8 Å². The molecular weight excluding hydrogens is 520 g/mol. The third kappa shape index (κ3) is 5.84. The first-order valence-corrected chi connectivity index (χ1v) is 11.2. The molecule has 2 heterocycles. The lowest BCUT2D eigenvalue weighted by atomic mass is 10.1. The van der Waals surface area contributed by atoms with Crippen LogP contribution in [0.15, 0.2) is 58.2 Å². The SMILES string of the molecule is N/C(=N\O)N1CCC[C@H]1c1nc(-c2ccc(OC/C=C/c3ccccc3C(F)(F)F)c(C(F)(F)F)c2)no1. The molecule has 1 aromatic heterocycles. The summed E-state index contributed by atoms with van der Waals surface area (Å²) >= 11 is 0. The number of hydrogen-bond acceptors (Lipinski definition) is 6. The van der Waals surface area contributed by atoms with Crippen molar-refractivity contribution in [3.63, 3.8) is 0 Å². The number of guanidine groups is 1. The number of halogens is 6. The van der Waals surface area contributed by atoms with Gasteiger partial charge in [-0.1, -0.05) is 34.6 Å². The molecule has 3 N–H and O–H groups in total. The first kappa shape index (κ1) is 26.8. The number of hydrogen-bond donors (Lipinski definition) is 2. The van der Waals surface area contributed by atoms with Crippen LogP contribution < -0.4 is 10.5 Å². The van der Waals surface area contributed by atoms with Crippen LogP contribution in [0.5, 0.6) is 5.75 Å². The van der Waals surface area contributed by atoms with Gasteiger partial charge in [0.15, 0.2) is 0 Å². The van der Waals surface area contributed by atoms with Crippen LogP contribution in [0.4, 0.5) is 26.3 Å². The van der Waals surface area contributed by atoms with E-state index in [1.165, 1.54) is 35.2 Å². The number of alkyl halides is 6. The van der Waals surface area contributed by atoms with E-state index in [1.807, 2.05) is 0 Å². The zero-order valence-electron chi connectivity index (χ0n) is 19.5. The highest BCUT2D eigenvalue weighted by molar-refractivity contribution is 5.78. The quantitative estimate of drug-likeness (QED) is 0.135. The maximum absolute atomic E-state index is 13.8. The second kappa shape index (κ2) is 10.6. The van der Waals surface area contributed by atoms with Gasteiger partial charge in [-0.2, -0.15) is 31.3 Å². The minimum atomic E-state index is -4.81. The van der Waals surface area contributed by atoms with Crippen molar-refractivity contribution in [3.8, 4) is 17.1 Å². The van der Waals surface area contributed by atoms with E-state index in [9.17, 15) is 26.3 Å². The van der Waals surface area contributed by atoms with E-state index in [0.717, 1.165) is 24.3 Å².